The maximum absolute atomic E-state index is 12.1. The average molecular weight is 491 g/mol. The van der Waals surface area contributed by atoms with Gasteiger partial charge in [-0.2, -0.15) is 0 Å². The van der Waals surface area contributed by atoms with Crippen LogP contribution in [-0.2, 0) is 6.42 Å². The Balaban J connectivity index is 1.31. The minimum atomic E-state index is -0.189. The number of nitrogens with one attached hydrogen (secondary N) is 1. The van der Waals surface area contributed by atoms with Crippen LogP contribution in [0.4, 0.5) is 5.95 Å². The monoisotopic (exact) mass is 490 g/mol. The second-order valence-electron chi connectivity index (χ2n) is 8.61. The summed E-state index contributed by atoms with van der Waals surface area (Å²) in [7, 11) is 0. The highest BCUT2D eigenvalue weighted by molar-refractivity contribution is 6.34. The molecule has 0 radical (unpaired) electrons. The molecule has 4 aromatic rings. The smallest absolute Gasteiger partial charge is 0.252 e. The van der Waals surface area contributed by atoms with Crippen molar-refractivity contribution in [1.29, 1.82) is 0 Å². The van der Waals surface area contributed by atoms with Gasteiger partial charge < -0.3 is 10.2 Å². The maximum atomic E-state index is 12.1. The summed E-state index contributed by atoms with van der Waals surface area (Å²) in [5, 5.41) is 12.0. The number of aromatic nitrogens is 6. The van der Waals surface area contributed by atoms with Crippen molar-refractivity contribution < 1.29 is 4.79 Å². The molecule has 1 fully saturated rings. The highest BCUT2D eigenvalue weighted by atomic mass is 35.5. The van der Waals surface area contributed by atoms with Crippen molar-refractivity contribution in [3.63, 3.8) is 0 Å². The number of hydrogen-bond donors (Lipinski definition) is 1. The first-order valence-corrected chi connectivity index (χ1v) is 12.3. The minimum Gasteiger partial charge on any atom is -0.352 e. The number of carbonyl (C=O) groups excluding carboxylic acids is 1. The molecule has 5 rings (SSSR count). The Hall–Kier alpha value is -3.59. The van der Waals surface area contributed by atoms with Crippen LogP contribution in [0, 0.1) is 0 Å². The molecular weight excluding hydrogens is 464 g/mol. The average Bonchev–Trinajstić information content (AvgIpc) is 3.32. The van der Waals surface area contributed by atoms with E-state index >= 15 is 0 Å². The summed E-state index contributed by atoms with van der Waals surface area (Å²) < 4.78 is 1.98. The standard InChI is InChI=1S/C25H27ClN8O/c1-3-16-13-29-25(30-14-16)33-9-7-18(8-10-33)34-23-15-28-21(12-22(23)31-32-34)17-5-6-19(20(26)11-17)24(35)27-4-2/h5-6,11-15,18H,3-4,7-10H2,1-2H3,(H,27,35). The second kappa shape index (κ2) is 9.95. The zero-order valence-electron chi connectivity index (χ0n) is 19.8. The van der Waals surface area contributed by atoms with Gasteiger partial charge >= 0.3 is 0 Å². The van der Waals surface area contributed by atoms with Crippen molar-refractivity contribution in [2.24, 2.45) is 0 Å². The summed E-state index contributed by atoms with van der Waals surface area (Å²) in [6.07, 6.45) is 8.42. The van der Waals surface area contributed by atoms with Gasteiger partial charge in [0.15, 0.2) is 0 Å². The van der Waals surface area contributed by atoms with E-state index in [2.05, 4.69) is 42.4 Å². The molecule has 1 aliphatic heterocycles. The summed E-state index contributed by atoms with van der Waals surface area (Å²) in [5.74, 6) is 0.596. The van der Waals surface area contributed by atoms with Gasteiger partial charge in [0.1, 0.15) is 11.0 Å². The van der Waals surface area contributed by atoms with Gasteiger partial charge in [-0.1, -0.05) is 29.8 Å². The van der Waals surface area contributed by atoms with Crippen molar-refractivity contribution in [3.05, 3.63) is 59.0 Å². The molecule has 1 saturated heterocycles. The molecule has 0 saturated carbocycles. The number of carbonyl (C=O) groups is 1. The van der Waals surface area contributed by atoms with Crippen LogP contribution in [0.1, 0.15) is 48.7 Å². The molecule has 0 bridgehead atoms. The predicted octanol–water partition coefficient (Wildman–Crippen LogP) is 4.09. The minimum absolute atomic E-state index is 0.189. The SMILES string of the molecule is CCNC(=O)c1ccc(-c2cc3nnn(C4CCN(c5ncc(CC)cn5)CC4)c3cn2)cc1Cl. The highest BCUT2D eigenvalue weighted by Crippen LogP contribution is 2.29. The molecule has 1 aliphatic rings. The highest BCUT2D eigenvalue weighted by Gasteiger charge is 2.24. The van der Waals surface area contributed by atoms with Crippen LogP contribution in [-0.4, -0.2) is 55.5 Å². The molecule has 9 nitrogen and oxygen atoms in total. The number of aryl methyl sites for hydroxylation is 1. The Labute approximate surface area is 208 Å². The van der Waals surface area contributed by atoms with E-state index in [4.69, 9.17) is 11.6 Å². The van der Waals surface area contributed by atoms with E-state index in [1.807, 2.05) is 42.3 Å². The van der Waals surface area contributed by atoms with E-state index in [1.165, 1.54) is 0 Å². The van der Waals surface area contributed by atoms with Gasteiger partial charge in [0.25, 0.3) is 5.91 Å². The van der Waals surface area contributed by atoms with Crippen molar-refractivity contribution >= 4 is 34.5 Å². The Morgan fingerprint density at radius 3 is 2.54 bits per heavy atom. The topological polar surface area (TPSA) is 102 Å². The van der Waals surface area contributed by atoms with Crippen LogP contribution in [0.15, 0.2) is 42.9 Å². The lowest BCUT2D eigenvalue weighted by Crippen LogP contribution is -2.36. The third-order valence-corrected chi connectivity index (χ3v) is 6.71. The molecule has 3 aromatic heterocycles. The quantitative estimate of drug-likeness (QED) is 0.434. The van der Waals surface area contributed by atoms with Crippen LogP contribution in [0.2, 0.25) is 5.02 Å². The second-order valence-corrected chi connectivity index (χ2v) is 9.02. The van der Waals surface area contributed by atoms with Crippen molar-refractivity contribution in [1.82, 2.24) is 35.3 Å². The van der Waals surface area contributed by atoms with Gasteiger partial charge in [0.05, 0.1) is 28.5 Å². The van der Waals surface area contributed by atoms with Gasteiger partial charge in [-0.25, -0.2) is 14.6 Å². The number of piperidine rings is 1. The molecule has 10 heteroatoms. The molecule has 4 heterocycles. The fourth-order valence-electron chi connectivity index (χ4n) is 4.38. The zero-order valence-corrected chi connectivity index (χ0v) is 20.5. The van der Waals surface area contributed by atoms with Crippen LogP contribution in [0.25, 0.3) is 22.3 Å². The summed E-state index contributed by atoms with van der Waals surface area (Å²) in [5.41, 5.74) is 4.83. The molecule has 1 N–H and O–H groups in total. The van der Waals surface area contributed by atoms with E-state index in [-0.39, 0.29) is 11.9 Å². The largest absolute Gasteiger partial charge is 0.352 e. The van der Waals surface area contributed by atoms with E-state index < -0.39 is 0 Å². The molecule has 1 amide bonds. The summed E-state index contributed by atoms with van der Waals surface area (Å²) in [4.78, 5) is 28.0. The maximum Gasteiger partial charge on any atom is 0.252 e. The van der Waals surface area contributed by atoms with E-state index in [9.17, 15) is 4.79 Å². The Morgan fingerprint density at radius 1 is 1.09 bits per heavy atom. The number of pyridine rings is 1. The number of benzene rings is 1. The molecule has 0 atom stereocenters. The molecule has 1 aromatic carbocycles. The molecule has 0 spiro atoms. The van der Waals surface area contributed by atoms with Crippen LogP contribution in [0.5, 0.6) is 0 Å². The predicted molar refractivity (Wildman–Crippen MR) is 136 cm³/mol. The summed E-state index contributed by atoms with van der Waals surface area (Å²) >= 11 is 6.37. The van der Waals surface area contributed by atoms with Gasteiger partial charge in [0, 0.05) is 37.6 Å². The third kappa shape index (κ3) is 4.68. The lowest BCUT2D eigenvalue weighted by molar-refractivity contribution is 0.0956. The fraction of sp³-hybridized carbons (Fsp3) is 0.360. The van der Waals surface area contributed by atoms with Crippen molar-refractivity contribution in [3.8, 4) is 11.3 Å². The molecule has 35 heavy (non-hydrogen) atoms. The first-order valence-electron chi connectivity index (χ1n) is 11.9. The molecule has 180 valence electrons. The van der Waals surface area contributed by atoms with Gasteiger partial charge in [0.2, 0.25) is 5.95 Å². The van der Waals surface area contributed by atoms with E-state index in [0.717, 1.165) is 66.2 Å². The number of rotatable bonds is 6. The number of hydrogen-bond acceptors (Lipinski definition) is 7. The lowest BCUT2D eigenvalue weighted by atomic mass is 10.1. The van der Waals surface area contributed by atoms with Crippen molar-refractivity contribution in [2.45, 2.75) is 39.2 Å². The Kier molecular flexibility index (Phi) is 6.59. The number of halogens is 1. The van der Waals surface area contributed by atoms with Gasteiger partial charge in [-0.05, 0) is 49.9 Å². The number of anilines is 1. The number of amides is 1. The van der Waals surface area contributed by atoms with Crippen LogP contribution in [0.3, 0.4) is 0 Å². The molecule has 0 unspecified atom stereocenters. The van der Waals surface area contributed by atoms with E-state index in [0.29, 0.717) is 17.1 Å². The first-order chi connectivity index (χ1) is 17.1. The van der Waals surface area contributed by atoms with Crippen LogP contribution >= 0.6 is 11.6 Å². The summed E-state index contributed by atoms with van der Waals surface area (Å²) in [6.45, 7) is 6.24. The normalized spacial score (nSPS) is 14.4. The fourth-order valence-corrected chi connectivity index (χ4v) is 4.65. The Morgan fingerprint density at radius 2 is 1.86 bits per heavy atom. The Bertz CT molecular complexity index is 1350. The van der Waals surface area contributed by atoms with Crippen LogP contribution < -0.4 is 10.2 Å². The molecular formula is C25H27ClN8O. The van der Waals surface area contributed by atoms with E-state index in [1.54, 1.807) is 12.1 Å². The lowest BCUT2D eigenvalue weighted by Gasteiger charge is -2.32. The summed E-state index contributed by atoms with van der Waals surface area (Å²) in [6, 6.07) is 7.48. The zero-order chi connectivity index (χ0) is 24.4. The molecule has 0 aliphatic carbocycles. The third-order valence-electron chi connectivity index (χ3n) is 6.40. The van der Waals surface area contributed by atoms with Gasteiger partial charge in [-0.15, -0.1) is 5.10 Å². The number of nitrogens with zero attached hydrogens (tertiary/aromatic N) is 7. The first kappa shape index (κ1) is 23.2. The van der Waals surface area contributed by atoms with Gasteiger partial charge in [-0.3, -0.25) is 9.78 Å². The van der Waals surface area contributed by atoms with Crippen molar-refractivity contribution in [2.75, 3.05) is 24.5 Å². The number of fused-ring (bicyclic) bond motifs is 1.